The second kappa shape index (κ2) is 10.3. The van der Waals surface area contributed by atoms with Crippen molar-refractivity contribution < 1.29 is 27.5 Å². The Balaban J connectivity index is 0.000000383. The Hall–Kier alpha value is -3.06. The van der Waals surface area contributed by atoms with Gasteiger partial charge in [0.05, 0.1) is 17.8 Å². The van der Waals surface area contributed by atoms with E-state index < -0.39 is 12.1 Å². The van der Waals surface area contributed by atoms with Crippen LogP contribution in [0.4, 0.5) is 23.2 Å². The van der Waals surface area contributed by atoms with Crippen molar-refractivity contribution in [3.8, 4) is 11.4 Å². The predicted molar refractivity (Wildman–Crippen MR) is 114 cm³/mol. The van der Waals surface area contributed by atoms with Crippen LogP contribution in [0.2, 0.25) is 0 Å². The molecule has 0 unspecified atom stereocenters. The quantitative estimate of drug-likeness (QED) is 0.467. The highest BCUT2D eigenvalue weighted by Crippen LogP contribution is 2.28. The fraction of sp³-hybridized carbons (Fsp3) is 0.400. The first-order valence-electron chi connectivity index (χ1n) is 9.95. The number of halogens is 4. The first-order valence-corrected chi connectivity index (χ1v) is 10.8. The average molecular weight is 486 g/mol. The van der Waals surface area contributed by atoms with Crippen LogP contribution in [0.5, 0.6) is 0 Å². The highest BCUT2D eigenvalue weighted by atomic mass is 32.1. The van der Waals surface area contributed by atoms with E-state index in [1.807, 2.05) is 0 Å². The van der Waals surface area contributed by atoms with Crippen molar-refractivity contribution in [1.29, 1.82) is 0 Å². The third-order valence-electron chi connectivity index (χ3n) is 4.86. The molecule has 8 nitrogen and oxygen atoms in total. The third kappa shape index (κ3) is 6.48. The molecule has 1 aliphatic heterocycles. The summed E-state index contributed by atoms with van der Waals surface area (Å²) in [7, 11) is 0. The number of H-pyrrole nitrogens is 1. The second-order valence-corrected chi connectivity index (χ2v) is 8.65. The smallest absolute Gasteiger partial charge is 0.475 e. The van der Waals surface area contributed by atoms with Crippen LogP contribution >= 0.6 is 11.3 Å². The maximum atomic E-state index is 14.0. The van der Waals surface area contributed by atoms with Crippen LogP contribution in [0.3, 0.4) is 0 Å². The van der Waals surface area contributed by atoms with E-state index in [0.717, 1.165) is 30.2 Å². The molecule has 0 bridgehead atoms. The van der Waals surface area contributed by atoms with E-state index in [2.05, 4.69) is 39.2 Å². The van der Waals surface area contributed by atoms with Crippen molar-refractivity contribution >= 4 is 23.0 Å². The summed E-state index contributed by atoms with van der Waals surface area (Å²) >= 11 is 1.76. The van der Waals surface area contributed by atoms with Gasteiger partial charge in [0.25, 0.3) is 0 Å². The number of nitrogens with one attached hydrogen (secondary N) is 2. The van der Waals surface area contributed by atoms with E-state index in [4.69, 9.17) is 14.9 Å². The number of carboxylic acids is 1. The van der Waals surface area contributed by atoms with E-state index in [1.54, 1.807) is 23.5 Å². The first-order chi connectivity index (χ1) is 15.5. The van der Waals surface area contributed by atoms with E-state index in [9.17, 15) is 17.6 Å². The van der Waals surface area contributed by atoms with Crippen molar-refractivity contribution in [2.45, 2.75) is 45.6 Å². The van der Waals surface area contributed by atoms with E-state index in [1.165, 1.54) is 23.0 Å². The molecule has 33 heavy (non-hydrogen) atoms. The van der Waals surface area contributed by atoms with Crippen molar-refractivity contribution in [3.63, 3.8) is 0 Å². The molecule has 0 atom stereocenters. The number of nitrogens with zero attached hydrogens (tertiary/aromatic N) is 4. The summed E-state index contributed by atoms with van der Waals surface area (Å²) < 4.78 is 45.8. The lowest BCUT2D eigenvalue weighted by atomic mass is 10.1. The summed E-state index contributed by atoms with van der Waals surface area (Å²) in [5.41, 5.74) is 2.46. The number of anilines is 1. The zero-order valence-electron chi connectivity index (χ0n) is 17.8. The number of hydrogen-bond donors (Lipinski definition) is 3. The summed E-state index contributed by atoms with van der Waals surface area (Å²) in [4.78, 5) is 21.5. The van der Waals surface area contributed by atoms with Crippen molar-refractivity contribution in [3.05, 3.63) is 45.9 Å². The first kappa shape index (κ1) is 24.6. The molecule has 3 N–H and O–H groups in total. The lowest BCUT2D eigenvalue weighted by Gasteiger charge is -2.29. The Morgan fingerprint density at radius 3 is 2.70 bits per heavy atom. The van der Waals surface area contributed by atoms with E-state index in [0.29, 0.717) is 24.0 Å². The van der Waals surface area contributed by atoms with Crippen LogP contribution in [0.1, 0.15) is 29.4 Å². The van der Waals surface area contributed by atoms with Gasteiger partial charge in [-0.05, 0) is 32.0 Å². The van der Waals surface area contributed by atoms with Crippen LogP contribution < -0.4 is 5.32 Å². The summed E-state index contributed by atoms with van der Waals surface area (Å²) in [5, 5.41) is 18.0. The molecule has 0 saturated heterocycles. The van der Waals surface area contributed by atoms with Gasteiger partial charge in [-0.1, -0.05) is 0 Å². The number of benzene rings is 1. The molecule has 0 fully saturated rings. The Kier molecular flexibility index (Phi) is 7.64. The van der Waals surface area contributed by atoms with Crippen LogP contribution in [0, 0.1) is 5.82 Å². The van der Waals surface area contributed by atoms with Gasteiger partial charge in [0.2, 0.25) is 0 Å². The molecular weight excluding hydrogens is 464 g/mol. The van der Waals surface area contributed by atoms with Crippen LogP contribution in [0.15, 0.2) is 24.5 Å². The monoisotopic (exact) mass is 486 g/mol. The number of fused-ring (bicyclic) bond motifs is 1. The van der Waals surface area contributed by atoms with Gasteiger partial charge in [0.15, 0.2) is 5.82 Å². The fourth-order valence-corrected chi connectivity index (χ4v) is 4.20. The topological polar surface area (TPSA) is 107 Å². The molecule has 0 saturated carbocycles. The molecule has 1 aliphatic rings. The number of aliphatic carboxylic acids is 1. The number of thiazole rings is 1. The molecule has 2 aromatic heterocycles. The molecule has 0 spiro atoms. The summed E-state index contributed by atoms with van der Waals surface area (Å²) in [6, 6.07) is 5.46. The SMILES string of the molecule is CC(C)N1CCc2nc(CNc3ccc(F)c(-c4ncn[nH]4)c3)sc2C1.O=C(O)C(F)(F)F. The number of rotatable bonds is 5. The number of aromatic nitrogens is 4. The molecule has 0 radical (unpaired) electrons. The van der Waals surface area contributed by atoms with Gasteiger partial charge in [-0.15, -0.1) is 11.3 Å². The van der Waals surface area contributed by atoms with Gasteiger partial charge in [-0.25, -0.2) is 19.2 Å². The summed E-state index contributed by atoms with van der Waals surface area (Å²) in [5.74, 6) is -2.66. The molecule has 0 amide bonds. The molecule has 3 heterocycles. The lowest BCUT2D eigenvalue weighted by Crippen LogP contribution is -2.35. The second-order valence-electron chi connectivity index (χ2n) is 7.48. The third-order valence-corrected chi connectivity index (χ3v) is 5.94. The molecule has 178 valence electrons. The fourth-order valence-electron chi connectivity index (χ4n) is 3.11. The Bertz CT molecular complexity index is 1080. The molecule has 0 aliphatic carbocycles. The van der Waals surface area contributed by atoms with Gasteiger partial charge in [0, 0.05) is 36.1 Å². The van der Waals surface area contributed by atoms with Crippen LogP contribution in [-0.4, -0.2) is 54.9 Å². The van der Waals surface area contributed by atoms with Gasteiger partial charge in [0.1, 0.15) is 17.2 Å². The van der Waals surface area contributed by atoms with Crippen LogP contribution in [-0.2, 0) is 24.3 Å². The highest BCUT2D eigenvalue weighted by Gasteiger charge is 2.38. The number of carboxylic acid groups (broad SMARTS) is 1. The summed E-state index contributed by atoms with van der Waals surface area (Å²) in [6.45, 7) is 7.14. The molecule has 13 heteroatoms. The number of aromatic amines is 1. The Labute approximate surface area is 190 Å². The largest absolute Gasteiger partial charge is 0.490 e. The Morgan fingerprint density at radius 2 is 2.09 bits per heavy atom. The van der Waals surface area contributed by atoms with E-state index >= 15 is 0 Å². The van der Waals surface area contributed by atoms with Gasteiger partial charge >= 0.3 is 12.1 Å². The minimum absolute atomic E-state index is 0.328. The number of carbonyl (C=O) groups is 1. The number of alkyl halides is 3. The van der Waals surface area contributed by atoms with Gasteiger partial charge < -0.3 is 10.4 Å². The van der Waals surface area contributed by atoms with Crippen molar-refractivity contribution in [2.75, 3.05) is 11.9 Å². The minimum atomic E-state index is -5.08. The Morgan fingerprint density at radius 1 is 1.36 bits per heavy atom. The summed E-state index contributed by atoms with van der Waals surface area (Å²) in [6.07, 6.45) is -2.70. The van der Waals surface area contributed by atoms with Crippen molar-refractivity contribution in [1.82, 2.24) is 25.1 Å². The maximum absolute atomic E-state index is 14.0. The predicted octanol–water partition coefficient (Wildman–Crippen LogP) is 4.08. The van der Waals surface area contributed by atoms with Crippen molar-refractivity contribution in [2.24, 2.45) is 0 Å². The maximum Gasteiger partial charge on any atom is 0.490 e. The lowest BCUT2D eigenvalue weighted by molar-refractivity contribution is -0.192. The van der Waals surface area contributed by atoms with Crippen LogP contribution in [0.25, 0.3) is 11.4 Å². The molecular formula is C20H22F4N6O2S. The normalized spacial score (nSPS) is 13.9. The zero-order valence-corrected chi connectivity index (χ0v) is 18.6. The minimum Gasteiger partial charge on any atom is -0.475 e. The van der Waals surface area contributed by atoms with Gasteiger partial charge in [-0.3, -0.25) is 10.00 Å². The molecule has 1 aromatic carbocycles. The molecule has 3 aromatic rings. The number of hydrogen-bond acceptors (Lipinski definition) is 7. The average Bonchev–Trinajstić information content (AvgIpc) is 3.42. The van der Waals surface area contributed by atoms with Gasteiger partial charge in [-0.2, -0.15) is 18.3 Å². The standard InChI is InChI=1S/C18H21FN6S.C2HF3O2/c1-11(2)25-6-5-15-16(9-25)26-17(23-15)8-20-12-3-4-14(19)13(7-12)18-21-10-22-24-18;3-2(4,5)1(6)7/h3-4,7,10-11,20H,5-6,8-9H2,1-2H3,(H,21,22,24);(H,6,7). The zero-order chi connectivity index (χ0) is 24.2. The van der Waals surface area contributed by atoms with E-state index in [-0.39, 0.29) is 5.82 Å². The highest BCUT2D eigenvalue weighted by molar-refractivity contribution is 7.11. The molecule has 4 rings (SSSR count).